The molecular formula is C21H17N4O3S+. The molecule has 2 aromatic rings. The summed E-state index contributed by atoms with van der Waals surface area (Å²) in [5.74, 6) is -0.278. The van der Waals surface area contributed by atoms with Crippen molar-refractivity contribution in [2.75, 3.05) is 5.75 Å². The number of pyridine rings is 1. The molecule has 0 spiro atoms. The van der Waals surface area contributed by atoms with Gasteiger partial charge in [-0.2, -0.15) is 5.26 Å². The number of carbonyl (C=O) groups excluding carboxylic acids is 1. The van der Waals surface area contributed by atoms with Crippen LogP contribution in [0, 0.1) is 21.4 Å². The van der Waals surface area contributed by atoms with E-state index in [0.717, 1.165) is 16.8 Å². The van der Waals surface area contributed by atoms with Crippen LogP contribution in [0.2, 0.25) is 0 Å². The summed E-state index contributed by atoms with van der Waals surface area (Å²) >= 11 is 1.34. The van der Waals surface area contributed by atoms with Crippen molar-refractivity contribution in [3.05, 3.63) is 86.3 Å². The second-order valence-electron chi connectivity index (χ2n) is 6.88. The van der Waals surface area contributed by atoms with Crippen molar-refractivity contribution in [2.45, 2.75) is 12.8 Å². The lowest BCUT2D eigenvalue weighted by Gasteiger charge is -2.33. The van der Waals surface area contributed by atoms with Gasteiger partial charge >= 0.3 is 0 Å². The Balaban J connectivity index is 1.99. The first-order valence-electron chi connectivity index (χ1n) is 8.93. The Hall–Kier alpha value is -3.44. The lowest BCUT2D eigenvalue weighted by Crippen LogP contribution is -2.30. The van der Waals surface area contributed by atoms with Gasteiger partial charge in [-0.25, -0.2) is 4.57 Å². The number of rotatable bonds is 3. The van der Waals surface area contributed by atoms with E-state index < -0.39 is 10.8 Å². The summed E-state index contributed by atoms with van der Waals surface area (Å²) in [5.41, 5.74) is 3.50. The van der Waals surface area contributed by atoms with Crippen molar-refractivity contribution in [1.82, 2.24) is 4.90 Å². The van der Waals surface area contributed by atoms with Crippen molar-refractivity contribution in [3.63, 3.8) is 0 Å². The molecule has 4 rings (SSSR count). The number of non-ortho nitro benzene ring substituents is 1. The van der Waals surface area contributed by atoms with E-state index in [1.165, 1.54) is 23.9 Å². The molecule has 1 atom stereocenters. The van der Waals surface area contributed by atoms with Gasteiger partial charge in [-0.05, 0) is 23.6 Å². The SMILES string of the molecule is CC1=C(c2cc[n+](C)cc2)C(c2cccc([N+](=O)[O-])c2)C(C#N)=C2SCC(=O)N12. The minimum Gasteiger partial charge on any atom is -0.277 e. The Morgan fingerprint density at radius 3 is 2.69 bits per heavy atom. The highest BCUT2D eigenvalue weighted by Gasteiger charge is 2.41. The van der Waals surface area contributed by atoms with Crippen LogP contribution in [0.15, 0.2) is 65.1 Å². The number of aromatic nitrogens is 1. The van der Waals surface area contributed by atoms with Gasteiger partial charge in [0.1, 0.15) is 7.05 Å². The molecule has 2 aliphatic rings. The number of nitro groups is 1. The van der Waals surface area contributed by atoms with Crippen LogP contribution in [-0.4, -0.2) is 21.5 Å². The minimum atomic E-state index is -0.489. The van der Waals surface area contributed by atoms with Crippen LogP contribution in [-0.2, 0) is 11.8 Å². The van der Waals surface area contributed by atoms with Gasteiger partial charge in [0.05, 0.1) is 27.3 Å². The molecular weight excluding hydrogens is 388 g/mol. The lowest BCUT2D eigenvalue weighted by atomic mass is 9.79. The number of aryl methyl sites for hydroxylation is 1. The molecule has 1 aromatic carbocycles. The number of hydrogen-bond acceptors (Lipinski definition) is 5. The summed E-state index contributed by atoms with van der Waals surface area (Å²) < 4.78 is 1.90. The van der Waals surface area contributed by atoms with Gasteiger partial charge in [0.2, 0.25) is 5.91 Å². The van der Waals surface area contributed by atoms with Crippen LogP contribution >= 0.6 is 11.8 Å². The quantitative estimate of drug-likeness (QED) is 0.444. The summed E-state index contributed by atoms with van der Waals surface area (Å²) in [4.78, 5) is 25.0. The van der Waals surface area contributed by atoms with Crippen molar-refractivity contribution in [2.24, 2.45) is 7.05 Å². The van der Waals surface area contributed by atoms with Gasteiger partial charge in [-0.1, -0.05) is 23.9 Å². The van der Waals surface area contributed by atoms with Gasteiger partial charge in [0.25, 0.3) is 5.69 Å². The van der Waals surface area contributed by atoms with E-state index in [4.69, 9.17) is 0 Å². The number of benzene rings is 1. The Morgan fingerprint density at radius 1 is 1.31 bits per heavy atom. The zero-order valence-electron chi connectivity index (χ0n) is 15.8. The molecule has 7 nitrogen and oxygen atoms in total. The number of nitro benzene ring substituents is 1. The molecule has 1 fully saturated rings. The highest BCUT2D eigenvalue weighted by Crippen LogP contribution is 2.51. The van der Waals surface area contributed by atoms with Gasteiger partial charge in [0.15, 0.2) is 12.4 Å². The van der Waals surface area contributed by atoms with E-state index in [2.05, 4.69) is 6.07 Å². The van der Waals surface area contributed by atoms with Gasteiger partial charge < -0.3 is 0 Å². The number of allylic oxidation sites excluding steroid dienone is 3. The number of carbonyl (C=O) groups is 1. The molecule has 29 heavy (non-hydrogen) atoms. The second-order valence-corrected chi connectivity index (χ2v) is 7.85. The van der Waals surface area contributed by atoms with Crippen LogP contribution in [0.5, 0.6) is 0 Å². The van der Waals surface area contributed by atoms with E-state index >= 15 is 0 Å². The van der Waals surface area contributed by atoms with Crippen LogP contribution in [0.25, 0.3) is 5.57 Å². The molecule has 1 amide bonds. The Kier molecular flexibility index (Phi) is 4.68. The van der Waals surface area contributed by atoms with Crippen molar-refractivity contribution in [1.29, 1.82) is 5.26 Å². The molecule has 1 unspecified atom stereocenters. The van der Waals surface area contributed by atoms with E-state index in [-0.39, 0.29) is 17.3 Å². The number of amides is 1. The summed E-state index contributed by atoms with van der Waals surface area (Å²) in [6.45, 7) is 1.87. The molecule has 144 valence electrons. The standard InChI is InChI=1S/C21H17N4O3S/c1-13-19(14-6-8-23(2)9-7-14)20(15-4-3-5-16(10-15)25(27)28)17(11-22)21-24(13)18(26)12-29-21/h3-10,20H,12H2,1-2H3/q+1. The smallest absolute Gasteiger partial charge is 0.269 e. The zero-order valence-corrected chi connectivity index (χ0v) is 16.6. The molecule has 0 saturated carbocycles. The Morgan fingerprint density at radius 2 is 2.03 bits per heavy atom. The number of nitrogens with zero attached hydrogens (tertiary/aromatic N) is 4. The zero-order chi connectivity index (χ0) is 20.7. The first kappa shape index (κ1) is 18.9. The highest BCUT2D eigenvalue weighted by atomic mass is 32.2. The average molecular weight is 405 g/mol. The third-order valence-corrected chi connectivity index (χ3v) is 6.21. The second kappa shape index (κ2) is 7.18. The Labute approximate surface area is 171 Å². The molecule has 3 heterocycles. The van der Waals surface area contributed by atoms with E-state index in [0.29, 0.717) is 16.2 Å². The van der Waals surface area contributed by atoms with Crippen LogP contribution in [0.1, 0.15) is 24.0 Å². The van der Waals surface area contributed by atoms with Gasteiger partial charge in [0, 0.05) is 35.9 Å². The predicted molar refractivity (Wildman–Crippen MR) is 108 cm³/mol. The Bertz CT molecular complexity index is 1150. The number of thioether (sulfide) groups is 1. The van der Waals surface area contributed by atoms with E-state index in [1.54, 1.807) is 17.0 Å². The average Bonchev–Trinajstić information content (AvgIpc) is 3.10. The van der Waals surface area contributed by atoms with Crippen LogP contribution in [0.4, 0.5) is 5.69 Å². The fourth-order valence-electron chi connectivity index (χ4n) is 3.83. The molecule has 0 bridgehead atoms. The molecule has 8 heteroatoms. The number of fused-ring (bicyclic) bond motifs is 1. The van der Waals surface area contributed by atoms with Crippen molar-refractivity contribution >= 4 is 28.9 Å². The maximum Gasteiger partial charge on any atom is 0.269 e. The van der Waals surface area contributed by atoms with Crippen LogP contribution < -0.4 is 4.57 Å². The first-order valence-corrected chi connectivity index (χ1v) is 9.91. The summed E-state index contributed by atoms with van der Waals surface area (Å²) in [7, 11) is 1.91. The van der Waals surface area contributed by atoms with Crippen LogP contribution in [0.3, 0.4) is 0 Å². The first-order chi connectivity index (χ1) is 13.9. The maximum absolute atomic E-state index is 12.5. The molecule has 1 aromatic heterocycles. The fourth-order valence-corrected chi connectivity index (χ4v) is 4.90. The molecule has 0 radical (unpaired) electrons. The summed E-state index contributed by atoms with van der Waals surface area (Å²) in [6.07, 6.45) is 3.79. The predicted octanol–water partition coefficient (Wildman–Crippen LogP) is 3.26. The van der Waals surface area contributed by atoms with E-state index in [9.17, 15) is 20.2 Å². The minimum absolute atomic E-state index is 0.0289. The maximum atomic E-state index is 12.5. The topological polar surface area (TPSA) is 91.1 Å². The lowest BCUT2D eigenvalue weighted by molar-refractivity contribution is -0.671. The number of hydrogen-bond donors (Lipinski definition) is 0. The molecule has 0 N–H and O–H groups in total. The fraction of sp³-hybridized carbons (Fsp3) is 0.190. The summed E-state index contributed by atoms with van der Waals surface area (Å²) in [6, 6.07) is 12.5. The normalized spacial score (nSPS) is 18.7. The molecule has 2 aliphatic heterocycles. The van der Waals surface area contributed by atoms with Gasteiger partial charge in [-0.3, -0.25) is 19.8 Å². The van der Waals surface area contributed by atoms with E-state index in [1.807, 2.05) is 43.1 Å². The monoisotopic (exact) mass is 405 g/mol. The third-order valence-electron chi connectivity index (χ3n) is 5.14. The summed E-state index contributed by atoms with van der Waals surface area (Å²) in [5, 5.41) is 22.0. The van der Waals surface area contributed by atoms with Crippen molar-refractivity contribution < 1.29 is 14.3 Å². The molecule has 0 aliphatic carbocycles. The van der Waals surface area contributed by atoms with Crippen molar-refractivity contribution in [3.8, 4) is 6.07 Å². The number of nitriles is 1. The highest BCUT2D eigenvalue weighted by molar-refractivity contribution is 8.04. The molecule has 1 saturated heterocycles. The third kappa shape index (κ3) is 3.09. The van der Waals surface area contributed by atoms with Gasteiger partial charge in [-0.15, -0.1) is 0 Å². The largest absolute Gasteiger partial charge is 0.277 e.